The number of Topliss-reactive ketones (excluding diaryl/α,β-unsaturated/α-hetero) is 1. The first-order chi connectivity index (χ1) is 19.0. The summed E-state index contributed by atoms with van der Waals surface area (Å²) in [4.78, 5) is 36.4. The molecular formula is C26H25F3N8O3. The van der Waals surface area contributed by atoms with E-state index in [2.05, 4.69) is 20.3 Å². The van der Waals surface area contributed by atoms with Crippen LogP contribution in [0.3, 0.4) is 0 Å². The van der Waals surface area contributed by atoms with Crippen LogP contribution in [0.2, 0.25) is 0 Å². The molecule has 4 aromatic rings. The fraction of sp³-hybridized carbons (Fsp3) is 0.385. The lowest BCUT2D eigenvalue weighted by Crippen LogP contribution is -2.46. The molecule has 208 valence electrons. The molecule has 4 atom stereocenters. The Morgan fingerprint density at radius 1 is 1.15 bits per heavy atom. The number of rotatable bonds is 5. The van der Waals surface area contributed by atoms with Gasteiger partial charge in [-0.05, 0) is 44.7 Å². The molecule has 1 amide bonds. The number of amides is 1. The standard InChI is InChI=1S/C26H25F3N8O3/c1-12(38)20-21(14-8-15-3-4-16(9-14)36(15)25(40)19-6-7-32-35-19)34-24-17(11-33-37(24)23(20)30)13-2-5-18(31-10-13)22(39)26(27,28)29/h2,5-7,10-11,14-16,22,39H,3-4,8-9,30H2,1H3,(H,32,35)/t14?,15-,16?,22?/m0/s1. The predicted molar refractivity (Wildman–Crippen MR) is 135 cm³/mol. The van der Waals surface area contributed by atoms with Crippen LogP contribution in [0, 0.1) is 0 Å². The summed E-state index contributed by atoms with van der Waals surface area (Å²) in [5.74, 6) is -0.420. The zero-order chi connectivity index (χ0) is 28.3. The van der Waals surface area contributed by atoms with Gasteiger partial charge < -0.3 is 15.7 Å². The number of halogens is 3. The lowest BCUT2D eigenvalue weighted by molar-refractivity contribution is -0.207. The number of piperidine rings is 1. The van der Waals surface area contributed by atoms with Gasteiger partial charge in [-0.25, -0.2) is 4.98 Å². The van der Waals surface area contributed by atoms with E-state index in [1.165, 1.54) is 36.1 Å². The van der Waals surface area contributed by atoms with Gasteiger partial charge in [-0.1, -0.05) is 6.07 Å². The SMILES string of the molecule is CC(=O)c1c(C2CC3CC[C@@H](C2)N3C(=O)c2ccn[nH]2)nc2c(-c3ccc(C(O)C(F)(F)F)nc3)cnn2c1N. The van der Waals surface area contributed by atoms with E-state index in [0.717, 1.165) is 18.9 Å². The van der Waals surface area contributed by atoms with E-state index in [4.69, 9.17) is 10.7 Å². The number of carbonyl (C=O) groups is 2. The molecule has 4 N–H and O–H groups in total. The maximum atomic E-state index is 13.1. The van der Waals surface area contributed by atoms with Crippen molar-refractivity contribution < 1.29 is 27.9 Å². The van der Waals surface area contributed by atoms with Crippen molar-refractivity contribution in [1.29, 1.82) is 0 Å². The summed E-state index contributed by atoms with van der Waals surface area (Å²) >= 11 is 0. The van der Waals surface area contributed by atoms with Crippen molar-refractivity contribution in [2.75, 3.05) is 5.73 Å². The number of nitrogens with one attached hydrogen (secondary N) is 1. The maximum Gasteiger partial charge on any atom is 0.420 e. The largest absolute Gasteiger partial charge is 0.420 e. The van der Waals surface area contributed by atoms with E-state index < -0.39 is 18.0 Å². The number of nitrogen functional groups attached to an aromatic ring is 1. The number of ketones is 1. The number of aromatic nitrogens is 6. The molecule has 0 aliphatic carbocycles. The summed E-state index contributed by atoms with van der Waals surface area (Å²) in [6.45, 7) is 1.41. The van der Waals surface area contributed by atoms with Crippen molar-refractivity contribution in [3.05, 3.63) is 59.4 Å². The number of anilines is 1. The molecule has 2 saturated heterocycles. The van der Waals surface area contributed by atoms with Crippen molar-refractivity contribution >= 4 is 23.2 Å². The second-order valence-electron chi connectivity index (χ2n) is 10.3. The fourth-order valence-corrected chi connectivity index (χ4v) is 6.03. The molecule has 2 fully saturated rings. The lowest BCUT2D eigenvalue weighted by atomic mass is 9.85. The van der Waals surface area contributed by atoms with Crippen molar-refractivity contribution in [3.63, 3.8) is 0 Å². The first kappa shape index (κ1) is 25.9. The normalized spacial score (nSPS) is 21.6. The van der Waals surface area contributed by atoms with Crippen molar-refractivity contribution in [2.24, 2.45) is 0 Å². The van der Waals surface area contributed by atoms with Crippen LogP contribution in [-0.2, 0) is 0 Å². The van der Waals surface area contributed by atoms with Crippen molar-refractivity contribution in [2.45, 2.75) is 62.9 Å². The molecule has 40 heavy (non-hydrogen) atoms. The van der Waals surface area contributed by atoms with Gasteiger partial charge in [-0.15, -0.1) is 0 Å². The Hall–Kier alpha value is -4.33. The van der Waals surface area contributed by atoms with Gasteiger partial charge in [0.05, 0.1) is 23.1 Å². The lowest BCUT2D eigenvalue weighted by Gasteiger charge is -2.39. The van der Waals surface area contributed by atoms with Crippen LogP contribution in [0.5, 0.6) is 0 Å². The highest BCUT2D eigenvalue weighted by Gasteiger charge is 2.45. The summed E-state index contributed by atoms with van der Waals surface area (Å²) in [5.41, 5.74) is 8.32. The second kappa shape index (κ2) is 9.40. The third-order valence-corrected chi connectivity index (χ3v) is 7.84. The summed E-state index contributed by atoms with van der Waals surface area (Å²) in [7, 11) is 0. The van der Waals surface area contributed by atoms with Crippen LogP contribution in [-0.4, -0.2) is 69.7 Å². The first-order valence-corrected chi connectivity index (χ1v) is 12.8. The molecule has 6 rings (SSSR count). The topological polar surface area (TPSA) is 155 Å². The Morgan fingerprint density at radius 2 is 1.88 bits per heavy atom. The van der Waals surface area contributed by atoms with Crippen LogP contribution in [0.1, 0.15) is 76.9 Å². The predicted octanol–water partition coefficient (Wildman–Crippen LogP) is 3.45. The smallest absolute Gasteiger partial charge is 0.383 e. The minimum atomic E-state index is -4.84. The highest BCUT2D eigenvalue weighted by molar-refractivity contribution is 6.00. The second-order valence-corrected chi connectivity index (χ2v) is 10.3. The van der Waals surface area contributed by atoms with Crippen LogP contribution in [0.15, 0.2) is 36.8 Å². The zero-order valence-electron chi connectivity index (χ0n) is 21.3. The molecule has 0 aromatic carbocycles. The monoisotopic (exact) mass is 554 g/mol. The van der Waals surface area contributed by atoms with Crippen LogP contribution in [0.25, 0.3) is 16.8 Å². The number of hydrogen-bond acceptors (Lipinski definition) is 8. The number of nitrogens with two attached hydrogens (primary N) is 1. The summed E-state index contributed by atoms with van der Waals surface area (Å²) in [6.07, 6.45) is -0.510. The van der Waals surface area contributed by atoms with E-state index >= 15 is 0 Å². The number of alkyl halides is 3. The number of carbonyl (C=O) groups excluding carboxylic acids is 2. The van der Waals surface area contributed by atoms with E-state index in [-0.39, 0.29) is 41.1 Å². The Bertz CT molecular complexity index is 1590. The Morgan fingerprint density at radius 3 is 2.45 bits per heavy atom. The van der Waals surface area contributed by atoms with E-state index in [0.29, 0.717) is 41.0 Å². The van der Waals surface area contributed by atoms with Crippen LogP contribution in [0.4, 0.5) is 19.0 Å². The third-order valence-electron chi connectivity index (χ3n) is 7.84. The summed E-state index contributed by atoms with van der Waals surface area (Å²) < 4.78 is 40.0. The molecule has 2 aliphatic heterocycles. The third kappa shape index (κ3) is 4.18. The zero-order valence-corrected chi connectivity index (χ0v) is 21.3. The number of nitrogens with zero attached hydrogens (tertiary/aromatic N) is 6. The average molecular weight is 555 g/mol. The van der Waals surface area contributed by atoms with Gasteiger partial charge in [0.15, 0.2) is 17.5 Å². The number of hydrogen-bond donors (Lipinski definition) is 3. The molecule has 2 aliphatic rings. The molecule has 0 spiro atoms. The molecule has 14 heteroatoms. The van der Waals surface area contributed by atoms with Crippen molar-refractivity contribution in [1.82, 2.24) is 34.7 Å². The molecule has 11 nitrogen and oxygen atoms in total. The molecular weight excluding hydrogens is 529 g/mol. The summed E-state index contributed by atoms with van der Waals surface area (Å²) in [5, 5.41) is 20.4. The van der Waals surface area contributed by atoms with Gasteiger partial charge in [0.25, 0.3) is 5.91 Å². The minimum absolute atomic E-state index is 0.0419. The minimum Gasteiger partial charge on any atom is -0.383 e. The Kier molecular flexibility index (Phi) is 6.09. The van der Waals surface area contributed by atoms with Gasteiger partial charge in [-0.2, -0.15) is 27.9 Å². The Balaban J connectivity index is 1.37. The number of H-pyrrole nitrogens is 1. The first-order valence-electron chi connectivity index (χ1n) is 12.8. The highest BCUT2D eigenvalue weighted by Crippen LogP contribution is 2.45. The van der Waals surface area contributed by atoms with Crippen LogP contribution < -0.4 is 5.73 Å². The van der Waals surface area contributed by atoms with Gasteiger partial charge in [0, 0.05) is 41.5 Å². The molecule has 0 saturated carbocycles. The molecule has 4 aromatic heterocycles. The molecule has 2 bridgehead atoms. The molecule has 6 heterocycles. The average Bonchev–Trinajstić information content (AvgIpc) is 3.65. The quantitative estimate of drug-likeness (QED) is 0.317. The fourth-order valence-electron chi connectivity index (χ4n) is 6.03. The molecule has 0 radical (unpaired) electrons. The number of fused-ring (bicyclic) bond motifs is 3. The van der Waals surface area contributed by atoms with Gasteiger partial charge in [0.2, 0.25) is 0 Å². The van der Waals surface area contributed by atoms with Crippen LogP contribution >= 0.6 is 0 Å². The van der Waals surface area contributed by atoms with Crippen molar-refractivity contribution in [3.8, 4) is 11.1 Å². The van der Waals surface area contributed by atoms with E-state index in [1.54, 1.807) is 6.07 Å². The maximum absolute atomic E-state index is 13.1. The molecule has 3 unspecified atom stereocenters. The number of aromatic amines is 1. The number of aliphatic hydroxyl groups is 1. The highest BCUT2D eigenvalue weighted by atomic mass is 19.4. The number of pyridine rings is 1. The van der Waals surface area contributed by atoms with Gasteiger partial charge in [0.1, 0.15) is 11.5 Å². The van der Waals surface area contributed by atoms with Gasteiger partial charge in [-0.3, -0.25) is 19.7 Å². The summed E-state index contributed by atoms with van der Waals surface area (Å²) in [6, 6.07) is 4.05. The Labute approximate surface area is 225 Å². The number of aliphatic hydroxyl groups excluding tert-OH is 1. The van der Waals surface area contributed by atoms with E-state index in [9.17, 15) is 27.9 Å². The van der Waals surface area contributed by atoms with Gasteiger partial charge >= 0.3 is 6.18 Å². The van der Waals surface area contributed by atoms with E-state index in [1.807, 2.05) is 4.90 Å².